The molecule has 2 amide bonds. The molecule has 0 saturated heterocycles. The van der Waals surface area contributed by atoms with Crippen molar-refractivity contribution in [3.05, 3.63) is 23.9 Å². The summed E-state index contributed by atoms with van der Waals surface area (Å²) in [5.74, 6) is -1.96. The second-order valence-corrected chi connectivity index (χ2v) is 4.32. The summed E-state index contributed by atoms with van der Waals surface area (Å²) >= 11 is 0. The Balaban J connectivity index is 2.93. The molecule has 8 heteroatoms. The lowest BCUT2D eigenvalue weighted by Gasteiger charge is -2.19. The fourth-order valence-electron chi connectivity index (χ4n) is 1.51. The van der Waals surface area contributed by atoms with Gasteiger partial charge in [0.15, 0.2) is 0 Å². The Morgan fingerprint density at radius 3 is 2.30 bits per heavy atom. The summed E-state index contributed by atoms with van der Waals surface area (Å²) in [5.41, 5.74) is 5.19. The predicted molar refractivity (Wildman–Crippen MR) is 71.3 cm³/mol. The number of nitrogens with zero attached hydrogens (tertiary/aromatic N) is 3. The second kappa shape index (κ2) is 6.50. The van der Waals surface area contributed by atoms with Crippen LogP contribution in [-0.2, 0) is 9.59 Å². The molecule has 8 nitrogen and oxygen atoms in total. The minimum Gasteiger partial charge on any atom is -0.480 e. The third kappa shape index (κ3) is 4.23. The number of nitrogens with two attached hydrogens (primary N) is 1. The number of carboxylic acids is 1. The van der Waals surface area contributed by atoms with Gasteiger partial charge in [0.05, 0.1) is 5.56 Å². The lowest BCUT2D eigenvalue weighted by molar-refractivity contribution is -0.138. The van der Waals surface area contributed by atoms with Crippen LogP contribution in [0, 0.1) is 0 Å². The summed E-state index contributed by atoms with van der Waals surface area (Å²) in [4.78, 5) is 40.4. The normalized spacial score (nSPS) is 9.90. The number of hydrogen-bond acceptors (Lipinski definition) is 5. The summed E-state index contributed by atoms with van der Waals surface area (Å²) < 4.78 is 0. The summed E-state index contributed by atoms with van der Waals surface area (Å²) in [6.45, 7) is -1.06. The zero-order valence-corrected chi connectivity index (χ0v) is 11.2. The molecule has 0 unspecified atom stereocenters. The largest absolute Gasteiger partial charge is 0.480 e. The van der Waals surface area contributed by atoms with Gasteiger partial charge in [-0.05, 0) is 12.1 Å². The highest BCUT2D eigenvalue weighted by atomic mass is 16.4. The Morgan fingerprint density at radius 2 is 1.90 bits per heavy atom. The Morgan fingerprint density at radius 1 is 1.25 bits per heavy atom. The summed E-state index contributed by atoms with van der Waals surface area (Å²) in [7, 11) is 3.60. The van der Waals surface area contributed by atoms with Crippen LogP contribution in [0.2, 0.25) is 0 Å². The SMILES string of the molecule is CN(C)c1ccc(C(=O)N(CC(N)=O)CC(=O)O)cn1. The molecule has 0 saturated carbocycles. The topological polar surface area (TPSA) is 117 Å². The molecule has 1 aromatic rings. The summed E-state index contributed by atoms with van der Waals surface area (Å²) in [6, 6.07) is 3.14. The van der Waals surface area contributed by atoms with Crippen LogP contribution < -0.4 is 10.6 Å². The molecule has 0 bridgehead atoms. The van der Waals surface area contributed by atoms with Crippen molar-refractivity contribution in [1.29, 1.82) is 0 Å². The van der Waals surface area contributed by atoms with Gasteiger partial charge in [-0.15, -0.1) is 0 Å². The van der Waals surface area contributed by atoms with Crippen molar-refractivity contribution in [2.75, 3.05) is 32.1 Å². The molecule has 0 aliphatic rings. The number of amides is 2. The van der Waals surface area contributed by atoms with E-state index in [1.54, 1.807) is 25.1 Å². The summed E-state index contributed by atoms with van der Waals surface area (Å²) in [6.07, 6.45) is 1.33. The van der Waals surface area contributed by atoms with Crippen molar-refractivity contribution in [2.45, 2.75) is 0 Å². The van der Waals surface area contributed by atoms with Crippen LogP contribution in [0.4, 0.5) is 5.82 Å². The highest BCUT2D eigenvalue weighted by Crippen LogP contribution is 2.10. The smallest absolute Gasteiger partial charge is 0.323 e. The number of aromatic nitrogens is 1. The average Bonchev–Trinajstić information content (AvgIpc) is 2.36. The van der Waals surface area contributed by atoms with Crippen LogP contribution in [0.15, 0.2) is 18.3 Å². The molecule has 108 valence electrons. The monoisotopic (exact) mass is 280 g/mol. The quantitative estimate of drug-likeness (QED) is 0.701. The van der Waals surface area contributed by atoms with Crippen molar-refractivity contribution < 1.29 is 19.5 Å². The molecule has 0 aliphatic heterocycles. The maximum atomic E-state index is 12.1. The number of rotatable bonds is 6. The van der Waals surface area contributed by atoms with Gasteiger partial charge in [0, 0.05) is 20.3 Å². The second-order valence-electron chi connectivity index (χ2n) is 4.32. The van der Waals surface area contributed by atoms with E-state index in [0.29, 0.717) is 5.82 Å². The number of hydrogen-bond donors (Lipinski definition) is 2. The van der Waals surface area contributed by atoms with Gasteiger partial charge < -0.3 is 20.6 Å². The standard InChI is InChI=1S/C12H16N4O4/c1-15(2)10-4-3-8(5-14-10)12(20)16(6-9(13)17)7-11(18)19/h3-5H,6-7H2,1-2H3,(H2,13,17)(H,18,19). The molecule has 3 N–H and O–H groups in total. The highest BCUT2D eigenvalue weighted by molar-refractivity contribution is 5.97. The van der Waals surface area contributed by atoms with Crippen LogP contribution in [0.5, 0.6) is 0 Å². The number of aliphatic carboxylic acids is 1. The van der Waals surface area contributed by atoms with Crippen LogP contribution in [0.3, 0.4) is 0 Å². The van der Waals surface area contributed by atoms with E-state index in [-0.39, 0.29) is 5.56 Å². The zero-order chi connectivity index (χ0) is 15.3. The Kier molecular flexibility index (Phi) is 5.01. The third-order valence-electron chi connectivity index (χ3n) is 2.41. The molecule has 0 atom stereocenters. The van der Waals surface area contributed by atoms with Crippen molar-refractivity contribution in [1.82, 2.24) is 9.88 Å². The maximum absolute atomic E-state index is 12.1. The van der Waals surface area contributed by atoms with Gasteiger partial charge in [0.1, 0.15) is 18.9 Å². The van der Waals surface area contributed by atoms with E-state index in [1.165, 1.54) is 12.3 Å². The predicted octanol–water partition coefficient (Wildman–Crippen LogP) is -0.840. The molecule has 1 heterocycles. The van der Waals surface area contributed by atoms with Crippen LogP contribution in [0.1, 0.15) is 10.4 Å². The first-order valence-electron chi connectivity index (χ1n) is 5.74. The van der Waals surface area contributed by atoms with Gasteiger partial charge in [0.2, 0.25) is 5.91 Å². The van der Waals surface area contributed by atoms with Crippen molar-refractivity contribution in [3.63, 3.8) is 0 Å². The average molecular weight is 280 g/mol. The minimum atomic E-state index is -1.22. The third-order valence-corrected chi connectivity index (χ3v) is 2.41. The first kappa shape index (κ1) is 15.4. The number of carbonyl (C=O) groups is 3. The van der Waals surface area contributed by atoms with E-state index in [9.17, 15) is 14.4 Å². The lowest BCUT2D eigenvalue weighted by atomic mass is 10.2. The van der Waals surface area contributed by atoms with E-state index >= 15 is 0 Å². The minimum absolute atomic E-state index is 0.193. The highest BCUT2D eigenvalue weighted by Gasteiger charge is 2.20. The first-order valence-corrected chi connectivity index (χ1v) is 5.74. The Bertz CT molecular complexity index is 497. The zero-order valence-electron chi connectivity index (χ0n) is 11.2. The van der Waals surface area contributed by atoms with E-state index in [1.807, 2.05) is 0 Å². The number of primary amides is 1. The molecule has 0 aromatic carbocycles. The van der Waals surface area contributed by atoms with Gasteiger partial charge in [-0.1, -0.05) is 0 Å². The van der Waals surface area contributed by atoms with E-state index < -0.39 is 30.9 Å². The molecule has 1 rings (SSSR count). The van der Waals surface area contributed by atoms with Crippen LogP contribution >= 0.6 is 0 Å². The number of carbonyl (C=O) groups excluding carboxylic acids is 2. The first-order chi connectivity index (χ1) is 9.31. The lowest BCUT2D eigenvalue weighted by Crippen LogP contribution is -2.41. The van der Waals surface area contributed by atoms with E-state index in [0.717, 1.165) is 4.90 Å². The van der Waals surface area contributed by atoms with Gasteiger partial charge in [-0.3, -0.25) is 14.4 Å². The molecular formula is C12H16N4O4. The van der Waals surface area contributed by atoms with Gasteiger partial charge in [-0.25, -0.2) is 4.98 Å². The number of anilines is 1. The fraction of sp³-hybridized carbons (Fsp3) is 0.333. The molecule has 0 aliphatic carbocycles. The molecule has 0 spiro atoms. The van der Waals surface area contributed by atoms with Crippen LogP contribution in [-0.4, -0.2) is 60.0 Å². The molecule has 1 aromatic heterocycles. The Labute approximate surface area is 115 Å². The fourth-order valence-corrected chi connectivity index (χ4v) is 1.51. The summed E-state index contributed by atoms with van der Waals surface area (Å²) in [5, 5.41) is 8.74. The van der Waals surface area contributed by atoms with E-state index in [4.69, 9.17) is 10.8 Å². The van der Waals surface area contributed by atoms with Crippen molar-refractivity contribution >= 4 is 23.6 Å². The van der Waals surface area contributed by atoms with E-state index in [2.05, 4.69) is 4.98 Å². The number of pyridine rings is 1. The maximum Gasteiger partial charge on any atom is 0.323 e. The van der Waals surface area contributed by atoms with Gasteiger partial charge >= 0.3 is 5.97 Å². The van der Waals surface area contributed by atoms with Crippen LogP contribution in [0.25, 0.3) is 0 Å². The van der Waals surface area contributed by atoms with Gasteiger partial charge in [0.25, 0.3) is 5.91 Å². The molecule has 0 fully saturated rings. The van der Waals surface area contributed by atoms with Crippen molar-refractivity contribution in [2.24, 2.45) is 5.73 Å². The van der Waals surface area contributed by atoms with Crippen molar-refractivity contribution in [3.8, 4) is 0 Å². The Hall–Kier alpha value is -2.64. The molecular weight excluding hydrogens is 264 g/mol. The molecule has 0 radical (unpaired) electrons. The molecule has 20 heavy (non-hydrogen) atoms. The van der Waals surface area contributed by atoms with Gasteiger partial charge in [-0.2, -0.15) is 0 Å². The number of carboxylic acid groups (broad SMARTS) is 1.